The Morgan fingerprint density at radius 1 is 1.20 bits per heavy atom. The summed E-state index contributed by atoms with van der Waals surface area (Å²) in [5.74, 6) is 1.97. The highest BCUT2D eigenvalue weighted by molar-refractivity contribution is 5.43. The molecule has 3 rings (SSSR count). The Hall–Kier alpha value is -1.02. The topological polar surface area (TPSA) is 35.2 Å². The van der Waals surface area contributed by atoms with Crippen LogP contribution in [0, 0.1) is 5.92 Å². The van der Waals surface area contributed by atoms with Gasteiger partial charge in [0.25, 0.3) is 0 Å². The minimum absolute atomic E-state index is 0.206. The normalized spacial score (nSPS) is 29.8. The molecule has 0 radical (unpaired) electrons. The summed E-state index contributed by atoms with van der Waals surface area (Å²) < 4.78 is 6.38. The number of fused-ring (bicyclic) bond motifs is 1. The van der Waals surface area contributed by atoms with E-state index >= 15 is 0 Å². The average molecular weight is 273 g/mol. The van der Waals surface area contributed by atoms with Crippen molar-refractivity contribution in [2.24, 2.45) is 11.7 Å². The first-order valence-electron chi connectivity index (χ1n) is 8.32. The van der Waals surface area contributed by atoms with E-state index in [9.17, 15) is 0 Å². The number of benzene rings is 1. The predicted octanol–water partition coefficient (Wildman–Crippen LogP) is 4.37. The molecule has 2 heteroatoms. The Labute approximate surface area is 122 Å². The molecule has 2 nitrogen and oxygen atoms in total. The van der Waals surface area contributed by atoms with Crippen molar-refractivity contribution in [1.29, 1.82) is 0 Å². The molecule has 2 aliphatic carbocycles. The van der Waals surface area contributed by atoms with Crippen LogP contribution in [0.15, 0.2) is 18.2 Å². The van der Waals surface area contributed by atoms with Gasteiger partial charge in [0.1, 0.15) is 5.75 Å². The van der Waals surface area contributed by atoms with Gasteiger partial charge in [-0.2, -0.15) is 0 Å². The van der Waals surface area contributed by atoms with Crippen LogP contribution in [0.25, 0.3) is 0 Å². The zero-order chi connectivity index (χ0) is 13.9. The average Bonchev–Trinajstić information content (AvgIpc) is 2.49. The van der Waals surface area contributed by atoms with Crippen molar-refractivity contribution in [2.45, 2.75) is 70.4 Å². The summed E-state index contributed by atoms with van der Waals surface area (Å²) in [7, 11) is 0. The molecule has 0 aromatic heterocycles. The van der Waals surface area contributed by atoms with Crippen LogP contribution in [0.2, 0.25) is 0 Å². The number of hydrogen-bond acceptors (Lipinski definition) is 2. The lowest BCUT2D eigenvalue weighted by atomic mass is 9.85. The Kier molecular flexibility index (Phi) is 4.30. The molecule has 20 heavy (non-hydrogen) atoms. The highest BCUT2D eigenvalue weighted by atomic mass is 16.5. The van der Waals surface area contributed by atoms with Gasteiger partial charge in [-0.15, -0.1) is 0 Å². The van der Waals surface area contributed by atoms with Gasteiger partial charge in [0.15, 0.2) is 0 Å². The largest absolute Gasteiger partial charge is 0.490 e. The first-order chi connectivity index (χ1) is 9.78. The van der Waals surface area contributed by atoms with E-state index in [1.54, 1.807) is 0 Å². The van der Waals surface area contributed by atoms with Gasteiger partial charge in [0.05, 0.1) is 6.10 Å². The molecule has 1 fully saturated rings. The fourth-order valence-electron chi connectivity index (χ4n) is 3.86. The van der Waals surface area contributed by atoms with Crippen molar-refractivity contribution < 1.29 is 4.74 Å². The minimum atomic E-state index is 0.206. The predicted molar refractivity (Wildman–Crippen MR) is 83.0 cm³/mol. The highest BCUT2D eigenvalue weighted by Gasteiger charge is 2.25. The van der Waals surface area contributed by atoms with E-state index in [4.69, 9.17) is 10.5 Å². The molecular formula is C18H27NO. The van der Waals surface area contributed by atoms with Gasteiger partial charge in [-0.05, 0) is 61.6 Å². The van der Waals surface area contributed by atoms with Gasteiger partial charge >= 0.3 is 0 Å². The van der Waals surface area contributed by atoms with Crippen molar-refractivity contribution in [2.75, 3.05) is 0 Å². The second-order valence-corrected chi connectivity index (χ2v) is 6.50. The third kappa shape index (κ3) is 2.85. The van der Waals surface area contributed by atoms with Gasteiger partial charge in [-0.3, -0.25) is 0 Å². The van der Waals surface area contributed by atoms with Gasteiger partial charge < -0.3 is 10.5 Å². The van der Waals surface area contributed by atoms with E-state index in [0.717, 1.165) is 24.5 Å². The van der Waals surface area contributed by atoms with Crippen molar-refractivity contribution >= 4 is 0 Å². The Morgan fingerprint density at radius 3 is 2.95 bits per heavy atom. The van der Waals surface area contributed by atoms with Crippen LogP contribution in [0.3, 0.4) is 0 Å². The highest BCUT2D eigenvalue weighted by Crippen LogP contribution is 2.36. The minimum Gasteiger partial charge on any atom is -0.490 e. The molecule has 0 spiro atoms. The molecule has 1 aromatic carbocycles. The molecule has 0 saturated heterocycles. The Morgan fingerprint density at radius 2 is 2.10 bits per heavy atom. The zero-order valence-electron chi connectivity index (χ0n) is 12.6. The monoisotopic (exact) mass is 273 g/mol. The standard InChI is InChI=1S/C18H27NO/c1-2-13-6-3-7-14(12-13)20-18-11-5-8-15-16(18)9-4-10-17(15)19/h5,8,11,13-14,17H,2-4,6-7,9-10,12,19H2,1H3. The van der Waals surface area contributed by atoms with Crippen molar-refractivity contribution in [3.63, 3.8) is 0 Å². The van der Waals surface area contributed by atoms with E-state index < -0.39 is 0 Å². The summed E-state index contributed by atoms with van der Waals surface area (Å²) in [4.78, 5) is 0. The lowest BCUT2D eigenvalue weighted by Crippen LogP contribution is -2.26. The number of ether oxygens (including phenoxy) is 1. The molecule has 0 bridgehead atoms. The van der Waals surface area contributed by atoms with Crippen LogP contribution in [-0.2, 0) is 6.42 Å². The fourth-order valence-corrected chi connectivity index (χ4v) is 3.86. The molecule has 0 heterocycles. The van der Waals surface area contributed by atoms with E-state index in [-0.39, 0.29) is 6.04 Å². The lowest BCUT2D eigenvalue weighted by Gasteiger charge is -2.31. The number of hydrogen-bond donors (Lipinski definition) is 1. The van der Waals surface area contributed by atoms with Crippen molar-refractivity contribution in [3.8, 4) is 5.75 Å². The van der Waals surface area contributed by atoms with Crippen LogP contribution >= 0.6 is 0 Å². The number of nitrogens with two attached hydrogens (primary N) is 1. The second-order valence-electron chi connectivity index (χ2n) is 6.50. The van der Waals surface area contributed by atoms with Crippen LogP contribution in [0.4, 0.5) is 0 Å². The molecular weight excluding hydrogens is 246 g/mol. The summed E-state index contributed by atoms with van der Waals surface area (Å²) in [6.07, 6.45) is 10.3. The zero-order valence-corrected chi connectivity index (χ0v) is 12.6. The van der Waals surface area contributed by atoms with Gasteiger partial charge in [0.2, 0.25) is 0 Å². The maximum atomic E-state index is 6.38. The van der Waals surface area contributed by atoms with E-state index in [1.165, 1.54) is 49.7 Å². The van der Waals surface area contributed by atoms with E-state index in [0.29, 0.717) is 6.10 Å². The molecule has 0 amide bonds. The molecule has 2 aliphatic rings. The van der Waals surface area contributed by atoms with Crippen LogP contribution in [0.5, 0.6) is 5.75 Å². The van der Waals surface area contributed by atoms with Gasteiger partial charge in [-0.25, -0.2) is 0 Å². The third-order valence-electron chi connectivity index (χ3n) is 5.12. The summed E-state index contributed by atoms with van der Waals surface area (Å²) in [5.41, 5.74) is 8.93. The maximum absolute atomic E-state index is 6.38. The van der Waals surface area contributed by atoms with Crippen molar-refractivity contribution in [3.05, 3.63) is 29.3 Å². The summed E-state index contributed by atoms with van der Waals surface area (Å²) >= 11 is 0. The molecule has 1 aromatic rings. The summed E-state index contributed by atoms with van der Waals surface area (Å²) in [5, 5.41) is 0. The summed E-state index contributed by atoms with van der Waals surface area (Å²) in [6.45, 7) is 2.30. The summed E-state index contributed by atoms with van der Waals surface area (Å²) in [6, 6.07) is 6.64. The molecule has 3 atom stereocenters. The van der Waals surface area contributed by atoms with Crippen LogP contribution in [-0.4, -0.2) is 6.10 Å². The van der Waals surface area contributed by atoms with Crippen LogP contribution < -0.4 is 10.5 Å². The Balaban J connectivity index is 1.76. The fraction of sp³-hybridized carbons (Fsp3) is 0.667. The smallest absolute Gasteiger partial charge is 0.123 e. The molecule has 110 valence electrons. The molecule has 0 aliphatic heterocycles. The van der Waals surface area contributed by atoms with E-state index in [2.05, 4.69) is 25.1 Å². The van der Waals surface area contributed by atoms with Crippen molar-refractivity contribution in [1.82, 2.24) is 0 Å². The number of rotatable bonds is 3. The molecule has 1 saturated carbocycles. The Bertz CT molecular complexity index is 457. The van der Waals surface area contributed by atoms with Gasteiger partial charge in [0, 0.05) is 6.04 Å². The van der Waals surface area contributed by atoms with Crippen LogP contribution in [0.1, 0.15) is 69.0 Å². The molecule has 3 unspecified atom stereocenters. The SMILES string of the molecule is CCC1CCCC(Oc2cccc3c2CCCC3N)C1. The van der Waals surface area contributed by atoms with E-state index in [1.807, 2.05) is 0 Å². The second kappa shape index (κ2) is 6.17. The van der Waals surface area contributed by atoms with Gasteiger partial charge in [-0.1, -0.05) is 31.9 Å². The molecule has 2 N–H and O–H groups in total. The quantitative estimate of drug-likeness (QED) is 0.887. The first kappa shape index (κ1) is 13.9. The maximum Gasteiger partial charge on any atom is 0.123 e. The lowest BCUT2D eigenvalue weighted by molar-refractivity contribution is 0.120. The third-order valence-corrected chi connectivity index (χ3v) is 5.12. The first-order valence-corrected chi connectivity index (χ1v) is 8.32.